The van der Waals surface area contributed by atoms with Crippen LogP contribution < -0.4 is 0 Å². The molecule has 0 N–H and O–H groups in total. The van der Waals surface area contributed by atoms with Crippen molar-refractivity contribution in [2.45, 2.75) is 33.1 Å². The van der Waals surface area contributed by atoms with Crippen LogP contribution in [0.5, 0.6) is 0 Å². The van der Waals surface area contributed by atoms with E-state index in [1.807, 2.05) is 6.07 Å². The van der Waals surface area contributed by atoms with Crippen LogP contribution in [0.3, 0.4) is 0 Å². The molecule has 0 amide bonds. The lowest BCUT2D eigenvalue weighted by atomic mass is 9.81. The summed E-state index contributed by atoms with van der Waals surface area (Å²) in [6, 6.07) is 50.7. The van der Waals surface area contributed by atoms with Gasteiger partial charge in [0.15, 0.2) is 0 Å². The van der Waals surface area contributed by atoms with Crippen molar-refractivity contribution in [2.75, 3.05) is 0 Å². The summed E-state index contributed by atoms with van der Waals surface area (Å²) in [6.45, 7) is 6.95. The second kappa shape index (κ2) is 11.3. The minimum atomic E-state index is 0.297. The predicted molar refractivity (Wildman–Crippen MR) is 202 cm³/mol. The van der Waals surface area contributed by atoms with E-state index in [1.54, 1.807) is 0 Å². The molecule has 0 radical (unpaired) electrons. The number of hydrogen-bond acceptors (Lipinski definition) is 1. The third-order valence-electron chi connectivity index (χ3n) is 10.6. The number of rotatable bonds is 5. The fraction of sp³-hybridized carbons (Fsp3) is 0.130. The first-order valence-corrected chi connectivity index (χ1v) is 17.1. The molecule has 2 aromatic heterocycles. The lowest BCUT2D eigenvalue weighted by molar-refractivity contribution is 0.668. The highest BCUT2D eigenvalue weighted by molar-refractivity contribution is 6.06. The molecule has 2 nitrogen and oxygen atoms in total. The van der Waals surface area contributed by atoms with Crippen LogP contribution in [0.2, 0.25) is 0 Å². The molecule has 9 rings (SSSR count). The number of fused-ring (bicyclic) bond motifs is 6. The number of aromatic nitrogens is 1. The number of benzene rings is 6. The minimum Gasteiger partial charge on any atom is -0.456 e. The monoisotopic (exact) mass is 619 g/mol. The molecule has 0 spiro atoms. The minimum absolute atomic E-state index is 0.297. The van der Waals surface area contributed by atoms with Crippen molar-refractivity contribution in [1.82, 2.24) is 4.57 Å². The van der Waals surface area contributed by atoms with E-state index in [0.717, 1.165) is 28.4 Å². The Morgan fingerprint density at radius 2 is 1.40 bits per heavy atom. The smallest absolute Gasteiger partial charge is 0.135 e. The van der Waals surface area contributed by atoms with E-state index in [2.05, 4.69) is 165 Å². The first-order valence-electron chi connectivity index (χ1n) is 17.1. The summed E-state index contributed by atoms with van der Waals surface area (Å²) in [7, 11) is 0. The highest BCUT2D eigenvalue weighted by atomic mass is 16.3. The van der Waals surface area contributed by atoms with Gasteiger partial charge < -0.3 is 8.98 Å². The Labute approximate surface area is 281 Å². The van der Waals surface area contributed by atoms with Crippen molar-refractivity contribution in [3.63, 3.8) is 0 Å². The molecule has 1 unspecified atom stereocenters. The van der Waals surface area contributed by atoms with Crippen LogP contribution in [-0.2, 0) is 6.42 Å². The molecule has 0 aliphatic heterocycles. The number of allylic oxidation sites excluding steroid dienone is 1. The summed E-state index contributed by atoms with van der Waals surface area (Å²) in [5, 5.41) is 3.61. The Kier molecular flexibility index (Phi) is 6.72. The van der Waals surface area contributed by atoms with E-state index in [4.69, 9.17) is 4.42 Å². The molecule has 8 aromatic rings. The maximum absolute atomic E-state index is 6.18. The normalized spacial score (nSPS) is 15.1. The van der Waals surface area contributed by atoms with Gasteiger partial charge in [-0.05, 0) is 101 Å². The number of hydrogen-bond donors (Lipinski definition) is 0. The molecule has 0 saturated heterocycles. The van der Waals surface area contributed by atoms with E-state index in [1.165, 1.54) is 66.8 Å². The molecule has 0 bridgehead atoms. The van der Waals surface area contributed by atoms with Crippen molar-refractivity contribution >= 4 is 44.5 Å². The molecule has 6 aromatic carbocycles. The highest BCUT2D eigenvalue weighted by Gasteiger charge is 2.27. The van der Waals surface area contributed by atoms with Gasteiger partial charge in [-0.3, -0.25) is 0 Å². The van der Waals surface area contributed by atoms with E-state index in [0.29, 0.717) is 11.8 Å². The zero-order valence-electron chi connectivity index (χ0n) is 27.6. The average Bonchev–Trinajstić information content (AvgIpc) is 3.66. The molecule has 2 heterocycles. The number of aryl methyl sites for hydroxylation is 1. The summed E-state index contributed by atoms with van der Waals surface area (Å²) >= 11 is 0. The summed E-state index contributed by atoms with van der Waals surface area (Å²) in [4.78, 5) is 0. The molecule has 48 heavy (non-hydrogen) atoms. The maximum atomic E-state index is 6.18. The Hall–Kier alpha value is -5.60. The topological polar surface area (TPSA) is 18.1 Å². The third kappa shape index (κ3) is 4.55. The van der Waals surface area contributed by atoms with Gasteiger partial charge in [0.05, 0.1) is 5.52 Å². The first-order chi connectivity index (χ1) is 23.5. The van der Waals surface area contributed by atoms with Crippen LogP contribution in [0.25, 0.3) is 61.3 Å². The standard InChI is InChI=1S/C46H37NO/c1-29-21-22-33(26-40(29)36-16-8-7-15-35(36)31(3)32-13-5-4-6-14-32)39-28-41-37-17-9-11-19-43(37)47(44(41)25-30(39)2)34-23-24-46-42(27-34)38-18-10-12-20-45(38)48-46/h4-24,26-28,30-31H,25H2,1-3H3/t30?,31-/m1/s1. The van der Waals surface area contributed by atoms with Crippen molar-refractivity contribution in [1.29, 1.82) is 0 Å². The van der Waals surface area contributed by atoms with Crippen LogP contribution >= 0.6 is 0 Å². The van der Waals surface area contributed by atoms with Gasteiger partial charge in [0.1, 0.15) is 11.2 Å². The van der Waals surface area contributed by atoms with Crippen LogP contribution in [0.4, 0.5) is 0 Å². The molecule has 0 saturated carbocycles. The van der Waals surface area contributed by atoms with Gasteiger partial charge in [0.2, 0.25) is 0 Å². The van der Waals surface area contributed by atoms with Crippen molar-refractivity contribution in [3.8, 4) is 16.8 Å². The molecule has 1 aliphatic rings. The van der Waals surface area contributed by atoms with Gasteiger partial charge in [-0.25, -0.2) is 0 Å². The van der Waals surface area contributed by atoms with Gasteiger partial charge in [0.25, 0.3) is 0 Å². The van der Waals surface area contributed by atoms with Crippen LogP contribution in [0.1, 0.15) is 53.3 Å². The summed E-state index contributed by atoms with van der Waals surface area (Å²) in [5.74, 6) is 0.652. The lowest BCUT2D eigenvalue weighted by Crippen LogP contribution is -2.12. The Morgan fingerprint density at radius 3 is 2.27 bits per heavy atom. The van der Waals surface area contributed by atoms with Crippen molar-refractivity contribution in [2.24, 2.45) is 5.92 Å². The zero-order valence-corrected chi connectivity index (χ0v) is 27.6. The number of furan rings is 1. The molecule has 232 valence electrons. The van der Waals surface area contributed by atoms with Gasteiger partial charge in [-0.15, -0.1) is 0 Å². The Bertz CT molecular complexity index is 2530. The molecule has 2 heteroatoms. The van der Waals surface area contributed by atoms with Crippen molar-refractivity contribution < 1.29 is 4.42 Å². The average molecular weight is 620 g/mol. The molecule has 1 aliphatic carbocycles. The van der Waals surface area contributed by atoms with Crippen LogP contribution in [0.15, 0.2) is 144 Å². The first kappa shape index (κ1) is 28.6. The van der Waals surface area contributed by atoms with E-state index >= 15 is 0 Å². The van der Waals surface area contributed by atoms with Crippen molar-refractivity contribution in [3.05, 3.63) is 173 Å². The molecular formula is C46H37NO. The molecule has 0 fully saturated rings. The maximum Gasteiger partial charge on any atom is 0.135 e. The number of nitrogens with zero attached hydrogens (tertiary/aromatic N) is 1. The van der Waals surface area contributed by atoms with E-state index in [-0.39, 0.29) is 0 Å². The number of para-hydroxylation sites is 2. The van der Waals surface area contributed by atoms with Crippen LogP contribution in [-0.4, -0.2) is 4.57 Å². The Balaban J connectivity index is 1.18. The fourth-order valence-electron chi connectivity index (χ4n) is 8.03. The fourth-order valence-corrected chi connectivity index (χ4v) is 8.03. The summed E-state index contributed by atoms with van der Waals surface area (Å²) < 4.78 is 8.66. The van der Waals surface area contributed by atoms with Gasteiger partial charge in [-0.2, -0.15) is 0 Å². The quantitative estimate of drug-likeness (QED) is 0.187. The van der Waals surface area contributed by atoms with Gasteiger partial charge in [0, 0.05) is 39.0 Å². The predicted octanol–water partition coefficient (Wildman–Crippen LogP) is 12.4. The third-order valence-corrected chi connectivity index (χ3v) is 10.6. The summed E-state index contributed by atoms with van der Waals surface area (Å²) in [5.41, 5.74) is 16.3. The molecule has 2 atom stereocenters. The summed E-state index contributed by atoms with van der Waals surface area (Å²) in [6.07, 6.45) is 3.44. The zero-order chi connectivity index (χ0) is 32.4. The second-order valence-electron chi connectivity index (χ2n) is 13.4. The van der Waals surface area contributed by atoms with Gasteiger partial charge >= 0.3 is 0 Å². The largest absolute Gasteiger partial charge is 0.456 e. The van der Waals surface area contributed by atoms with Gasteiger partial charge in [-0.1, -0.05) is 117 Å². The highest BCUT2D eigenvalue weighted by Crippen LogP contribution is 2.43. The van der Waals surface area contributed by atoms with Crippen LogP contribution in [0, 0.1) is 12.8 Å². The SMILES string of the molecule is Cc1ccc(C2=Cc3c(n(-c4ccc5oc6ccccc6c5c4)c4ccccc34)CC2C)cc1-c1ccccc1[C@H](C)c1ccccc1. The Morgan fingerprint density at radius 1 is 0.667 bits per heavy atom. The molecular weight excluding hydrogens is 583 g/mol. The lowest BCUT2D eigenvalue weighted by Gasteiger charge is -2.25. The second-order valence-corrected chi connectivity index (χ2v) is 13.4. The van der Waals surface area contributed by atoms with E-state index < -0.39 is 0 Å². The van der Waals surface area contributed by atoms with E-state index in [9.17, 15) is 0 Å².